The van der Waals surface area contributed by atoms with Gasteiger partial charge in [0.05, 0.1) is 19.9 Å². The summed E-state index contributed by atoms with van der Waals surface area (Å²) in [5.74, 6) is -1.14. The molecule has 0 heterocycles. The first-order valence-corrected chi connectivity index (χ1v) is 14.0. The Morgan fingerprint density at radius 1 is 0.923 bits per heavy atom. The summed E-state index contributed by atoms with van der Waals surface area (Å²) in [4.78, 5) is 23.5. The lowest BCUT2D eigenvalue weighted by molar-refractivity contribution is -0.158. The second-order valence-electron chi connectivity index (χ2n) is 9.24. The average Bonchev–Trinajstić information content (AvgIpc) is 2.62. The van der Waals surface area contributed by atoms with E-state index < -0.39 is 14.0 Å². The number of ether oxygens (including phenoxy) is 1. The predicted molar refractivity (Wildman–Crippen MR) is 107 cm³/mol. The number of carbonyl (C=O) groups is 2. The number of esters is 1. The van der Waals surface area contributed by atoms with Crippen molar-refractivity contribution in [2.75, 3.05) is 0 Å². The minimum atomic E-state index is -1.16. The van der Waals surface area contributed by atoms with Gasteiger partial charge in [-0.1, -0.05) is 45.3 Å². The minimum Gasteiger partial charge on any atom is -0.481 e. The third-order valence-corrected chi connectivity index (χ3v) is 11.3. The van der Waals surface area contributed by atoms with Crippen LogP contribution in [0, 0.1) is 11.8 Å². The molecule has 26 heavy (non-hydrogen) atoms. The Kier molecular flexibility index (Phi) is 8.18. The molecular weight excluding hydrogens is 344 g/mol. The second kappa shape index (κ2) is 9.91. The highest BCUT2D eigenvalue weighted by Crippen LogP contribution is 2.41. The normalized spacial score (nSPS) is 30.0. The molecular formula is C21H38O4Si. The molecule has 0 unspecified atom stereocenters. The van der Waals surface area contributed by atoms with Gasteiger partial charge in [-0.25, -0.2) is 0 Å². The Morgan fingerprint density at radius 3 is 2.04 bits per heavy atom. The molecule has 0 saturated heterocycles. The second-order valence-corrected chi connectivity index (χ2v) is 14.5. The van der Waals surface area contributed by atoms with Crippen molar-refractivity contribution in [1.29, 1.82) is 0 Å². The van der Waals surface area contributed by atoms with Gasteiger partial charge in [-0.3, -0.25) is 9.59 Å². The minimum absolute atomic E-state index is 0.0725. The van der Waals surface area contributed by atoms with E-state index in [2.05, 4.69) is 20.0 Å². The van der Waals surface area contributed by atoms with Crippen LogP contribution in [0.5, 0.6) is 0 Å². The molecule has 0 aromatic carbocycles. The highest BCUT2D eigenvalue weighted by atomic mass is 28.3. The van der Waals surface area contributed by atoms with Gasteiger partial charge in [-0.15, -0.1) is 0 Å². The standard InChI is InChI=1S/C21H38O4Si/c1-4-5-6-15-26(2,3)19-13-11-18(12-14-19)25-21(24)17-9-7-16(8-10-17)20(22)23/h16-19H,4-15H2,1-3H3,(H,22,23). The van der Waals surface area contributed by atoms with Gasteiger partial charge in [0.1, 0.15) is 6.10 Å². The maximum Gasteiger partial charge on any atom is 0.309 e. The van der Waals surface area contributed by atoms with Crippen LogP contribution in [0.15, 0.2) is 0 Å². The van der Waals surface area contributed by atoms with Gasteiger partial charge in [-0.05, 0) is 56.9 Å². The Labute approximate surface area is 160 Å². The summed E-state index contributed by atoms with van der Waals surface area (Å²) in [5.41, 5.74) is 0.875. The van der Waals surface area contributed by atoms with Gasteiger partial charge in [0.25, 0.3) is 0 Å². The third kappa shape index (κ3) is 6.10. The fourth-order valence-electron chi connectivity index (χ4n) is 4.83. The van der Waals surface area contributed by atoms with Gasteiger partial charge >= 0.3 is 11.9 Å². The highest BCUT2D eigenvalue weighted by molar-refractivity contribution is 6.78. The van der Waals surface area contributed by atoms with Crippen LogP contribution in [0.4, 0.5) is 0 Å². The number of rotatable bonds is 8. The number of carboxylic acids is 1. The van der Waals surface area contributed by atoms with Crippen LogP contribution in [0.25, 0.3) is 0 Å². The number of hydrogen-bond donors (Lipinski definition) is 1. The third-order valence-electron chi connectivity index (χ3n) is 6.90. The van der Waals surface area contributed by atoms with Crippen LogP contribution in [-0.4, -0.2) is 31.2 Å². The van der Waals surface area contributed by atoms with E-state index in [1.807, 2.05) is 0 Å². The van der Waals surface area contributed by atoms with Crippen LogP contribution in [0.1, 0.15) is 77.6 Å². The van der Waals surface area contributed by atoms with Crippen molar-refractivity contribution in [2.24, 2.45) is 11.8 Å². The number of carboxylic acid groups (broad SMARTS) is 1. The van der Waals surface area contributed by atoms with Crippen molar-refractivity contribution >= 4 is 20.0 Å². The summed E-state index contributed by atoms with van der Waals surface area (Å²) < 4.78 is 5.82. The first kappa shape index (κ1) is 21.5. The molecule has 2 saturated carbocycles. The SMILES string of the molecule is CCCCC[Si](C)(C)C1CCC(OC(=O)C2CCC(C(=O)O)CC2)CC1. The van der Waals surface area contributed by atoms with Gasteiger partial charge in [-0.2, -0.15) is 0 Å². The lowest BCUT2D eigenvalue weighted by atomic mass is 9.82. The quantitative estimate of drug-likeness (QED) is 0.335. The molecule has 0 bridgehead atoms. The Morgan fingerprint density at radius 2 is 1.50 bits per heavy atom. The average molecular weight is 383 g/mol. The molecule has 2 rings (SSSR count). The van der Waals surface area contributed by atoms with Crippen molar-refractivity contribution in [3.8, 4) is 0 Å². The van der Waals surface area contributed by atoms with Crippen LogP contribution < -0.4 is 0 Å². The van der Waals surface area contributed by atoms with Gasteiger partial charge < -0.3 is 9.84 Å². The highest BCUT2D eigenvalue weighted by Gasteiger charge is 2.36. The van der Waals surface area contributed by atoms with E-state index in [9.17, 15) is 9.59 Å². The zero-order chi connectivity index (χ0) is 19.2. The summed E-state index contributed by atoms with van der Waals surface area (Å²) in [6, 6.07) is 1.43. The zero-order valence-corrected chi connectivity index (χ0v) is 18.0. The van der Waals surface area contributed by atoms with Gasteiger partial charge in [0.2, 0.25) is 0 Å². The first-order valence-electron chi connectivity index (χ1n) is 10.8. The van der Waals surface area contributed by atoms with Crippen molar-refractivity contribution in [3.05, 3.63) is 0 Å². The van der Waals surface area contributed by atoms with Crippen molar-refractivity contribution in [2.45, 2.75) is 108 Å². The van der Waals surface area contributed by atoms with E-state index >= 15 is 0 Å². The largest absolute Gasteiger partial charge is 0.481 e. The molecule has 150 valence electrons. The van der Waals surface area contributed by atoms with Gasteiger partial charge in [0.15, 0.2) is 0 Å². The maximum atomic E-state index is 12.4. The molecule has 0 aromatic heterocycles. The van der Waals surface area contributed by atoms with Crippen molar-refractivity contribution in [3.63, 3.8) is 0 Å². The van der Waals surface area contributed by atoms with Crippen LogP contribution >= 0.6 is 0 Å². The van der Waals surface area contributed by atoms with Crippen molar-refractivity contribution in [1.82, 2.24) is 0 Å². The van der Waals surface area contributed by atoms with E-state index in [0.29, 0.717) is 25.7 Å². The summed E-state index contributed by atoms with van der Waals surface area (Å²) in [7, 11) is -1.16. The monoisotopic (exact) mass is 382 g/mol. The number of carbonyl (C=O) groups excluding carboxylic acids is 1. The Bertz CT molecular complexity index is 461. The Balaban J connectivity index is 1.71. The fraction of sp³-hybridized carbons (Fsp3) is 0.905. The molecule has 2 aliphatic rings. The lowest BCUT2D eigenvalue weighted by Gasteiger charge is -2.38. The van der Waals surface area contributed by atoms with Crippen molar-refractivity contribution < 1.29 is 19.4 Å². The summed E-state index contributed by atoms with van der Waals surface area (Å²) in [6.07, 6.45) is 11.2. The molecule has 0 spiro atoms. The van der Waals surface area contributed by atoms with E-state index in [1.165, 1.54) is 38.1 Å². The molecule has 2 fully saturated rings. The molecule has 0 atom stereocenters. The molecule has 2 aliphatic carbocycles. The summed E-state index contributed by atoms with van der Waals surface area (Å²) in [6.45, 7) is 7.35. The smallest absolute Gasteiger partial charge is 0.309 e. The number of unbranched alkanes of at least 4 members (excludes halogenated alkanes) is 2. The molecule has 4 nitrogen and oxygen atoms in total. The van der Waals surface area contributed by atoms with E-state index in [4.69, 9.17) is 9.84 Å². The molecule has 0 amide bonds. The number of hydrogen-bond acceptors (Lipinski definition) is 3. The molecule has 5 heteroatoms. The van der Waals surface area contributed by atoms with E-state index in [-0.39, 0.29) is 23.9 Å². The topological polar surface area (TPSA) is 63.6 Å². The molecule has 0 radical (unpaired) electrons. The predicted octanol–water partition coefficient (Wildman–Crippen LogP) is 5.63. The van der Waals surface area contributed by atoms with Crippen LogP contribution in [0.2, 0.25) is 24.7 Å². The summed E-state index contributed by atoms with van der Waals surface area (Å²) in [5, 5.41) is 9.07. The molecule has 0 aliphatic heterocycles. The van der Waals surface area contributed by atoms with Crippen LogP contribution in [-0.2, 0) is 14.3 Å². The lowest BCUT2D eigenvalue weighted by Crippen LogP contribution is -2.37. The van der Waals surface area contributed by atoms with E-state index in [0.717, 1.165) is 18.4 Å². The molecule has 0 aromatic rings. The van der Waals surface area contributed by atoms with Crippen LogP contribution in [0.3, 0.4) is 0 Å². The summed E-state index contributed by atoms with van der Waals surface area (Å²) >= 11 is 0. The maximum absolute atomic E-state index is 12.4. The van der Waals surface area contributed by atoms with E-state index in [1.54, 1.807) is 0 Å². The Hall–Kier alpha value is -0.843. The first-order chi connectivity index (χ1) is 12.3. The fourth-order valence-corrected chi connectivity index (χ4v) is 8.30. The molecule has 1 N–H and O–H groups in total. The van der Waals surface area contributed by atoms with Gasteiger partial charge in [0, 0.05) is 0 Å². The zero-order valence-electron chi connectivity index (χ0n) is 17.0. The number of aliphatic carboxylic acids is 1.